The van der Waals surface area contributed by atoms with Gasteiger partial charge < -0.3 is 0 Å². The van der Waals surface area contributed by atoms with Crippen molar-refractivity contribution in [1.82, 2.24) is 0 Å². The van der Waals surface area contributed by atoms with Crippen LogP contribution in [-0.2, 0) is 19.2 Å². The van der Waals surface area contributed by atoms with Gasteiger partial charge in [-0.25, -0.2) is 0 Å². The van der Waals surface area contributed by atoms with Crippen molar-refractivity contribution in [3.05, 3.63) is 12.2 Å². The van der Waals surface area contributed by atoms with Gasteiger partial charge >= 0.3 is 10.1 Å². The van der Waals surface area contributed by atoms with Gasteiger partial charge in [-0.2, -0.15) is 8.42 Å². The number of hydrogen-bond donors (Lipinski definition) is 0. The number of rotatable bonds is 4. The molecule has 7 heteroatoms. The predicted molar refractivity (Wildman–Crippen MR) is 82.5 cm³/mol. The van der Waals surface area contributed by atoms with Crippen molar-refractivity contribution in [1.29, 1.82) is 0 Å². The van der Waals surface area contributed by atoms with E-state index in [1.54, 1.807) is 6.08 Å². The average molecular weight is 329 g/mol. The van der Waals surface area contributed by atoms with Crippen LogP contribution in [0.5, 0.6) is 0 Å². The Bertz CT molecular complexity index is 635. The maximum atomic E-state index is 12.3. The third-order valence-electron chi connectivity index (χ3n) is 5.39. The van der Waals surface area contributed by atoms with Crippen LogP contribution in [0.15, 0.2) is 17.3 Å². The molecule has 0 aromatic heterocycles. The molecule has 0 spiro atoms. The third-order valence-corrected chi connectivity index (χ3v) is 7.40. The molecule has 116 valence electrons. The molecule has 2 saturated carbocycles. The third kappa shape index (κ3) is 2.34. The molecular weight excluding hydrogens is 310 g/mol. The minimum absolute atomic E-state index is 0.0683. The highest BCUT2D eigenvalue weighted by atomic mass is 32.2. The van der Waals surface area contributed by atoms with Gasteiger partial charge in [0.25, 0.3) is 0 Å². The smallest absolute Gasteiger partial charge is 0.299 e. The Morgan fingerprint density at radius 3 is 2.76 bits per heavy atom. The Kier molecular flexibility index (Phi) is 3.48. The Balaban J connectivity index is 1.80. The largest absolute Gasteiger partial charge is 0.329 e. The van der Waals surface area contributed by atoms with Gasteiger partial charge in [0.05, 0.1) is 5.41 Å². The number of carbonyl (C=O) groups excluding carboxylic acids is 1. The lowest BCUT2D eigenvalue weighted by atomic mass is 9.70. The molecule has 3 aliphatic rings. The minimum Gasteiger partial charge on any atom is -0.299 e. The summed E-state index contributed by atoms with van der Waals surface area (Å²) in [5.74, 6) is 0.880. The summed E-state index contributed by atoms with van der Waals surface area (Å²) in [5, 5.41) is 4.24. The molecule has 2 fully saturated rings. The van der Waals surface area contributed by atoms with Crippen molar-refractivity contribution >= 4 is 32.7 Å². The second-order valence-corrected chi connectivity index (χ2v) is 9.18. The van der Waals surface area contributed by atoms with E-state index < -0.39 is 15.5 Å². The summed E-state index contributed by atoms with van der Waals surface area (Å²) in [5.41, 5.74) is -1.08. The number of nitrogens with zero attached hydrogens (tertiary/aromatic N) is 1. The maximum absolute atomic E-state index is 12.3. The standard InChI is InChI=1S/C14H19NO4S2/c1-13(2)10-5-6-14(13,11(16)8-10)9-21(17,18)19-15-12-4-3-7-20-12/h3-4,10H,5-9H2,1-2H3. The van der Waals surface area contributed by atoms with Crippen LogP contribution in [0.1, 0.15) is 33.1 Å². The topological polar surface area (TPSA) is 72.8 Å². The van der Waals surface area contributed by atoms with E-state index in [4.69, 9.17) is 4.28 Å². The SMILES string of the molecule is CC1(C)C2CCC1(CS(=O)(=O)ON=C1C=CCS1)C(=O)C2. The zero-order chi connectivity index (χ0) is 15.3. The van der Waals surface area contributed by atoms with Gasteiger partial charge in [0.1, 0.15) is 16.6 Å². The van der Waals surface area contributed by atoms with E-state index in [1.165, 1.54) is 11.8 Å². The minimum atomic E-state index is -3.86. The van der Waals surface area contributed by atoms with Gasteiger partial charge in [-0.15, -0.1) is 0 Å². The van der Waals surface area contributed by atoms with Crippen molar-refractivity contribution in [2.75, 3.05) is 11.5 Å². The molecule has 2 atom stereocenters. The van der Waals surface area contributed by atoms with Gasteiger partial charge in [0.2, 0.25) is 0 Å². The molecule has 0 amide bonds. The first-order valence-corrected chi connectivity index (χ1v) is 9.65. The molecule has 0 radical (unpaired) electrons. The Labute approximate surface area is 129 Å². The lowest BCUT2D eigenvalue weighted by molar-refractivity contribution is -0.128. The summed E-state index contributed by atoms with van der Waals surface area (Å²) < 4.78 is 29.3. The van der Waals surface area contributed by atoms with E-state index in [0.717, 1.165) is 12.2 Å². The average Bonchev–Trinajstić information content (AvgIpc) is 3.02. The molecule has 5 nitrogen and oxygen atoms in total. The molecule has 0 N–H and O–H groups in total. The number of ketones is 1. The highest BCUT2D eigenvalue weighted by molar-refractivity contribution is 8.14. The van der Waals surface area contributed by atoms with Crippen LogP contribution < -0.4 is 0 Å². The predicted octanol–water partition coefficient (Wildman–Crippen LogP) is 2.34. The lowest BCUT2D eigenvalue weighted by Gasteiger charge is -2.35. The first-order valence-electron chi connectivity index (χ1n) is 7.09. The van der Waals surface area contributed by atoms with Gasteiger partial charge in [-0.05, 0) is 30.3 Å². The van der Waals surface area contributed by atoms with Crippen molar-refractivity contribution in [2.45, 2.75) is 33.1 Å². The molecule has 21 heavy (non-hydrogen) atoms. The zero-order valence-corrected chi connectivity index (χ0v) is 13.8. The van der Waals surface area contributed by atoms with Crippen LogP contribution >= 0.6 is 11.8 Å². The van der Waals surface area contributed by atoms with E-state index in [1.807, 2.05) is 19.9 Å². The second-order valence-electron chi connectivity index (χ2n) is 6.59. The van der Waals surface area contributed by atoms with Crippen LogP contribution in [0.2, 0.25) is 0 Å². The number of fused-ring (bicyclic) bond motifs is 2. The summed E-state index contributed by atoms with van der Waals surface area (Å²) >= 11 is 1.42. The zero-order valence-electron chi connectivity index (χ0n) is 12.2. The monoisotopic (exact) mass is 329 g/mol. The van der Waals surface area contributed by atoms with Crippen molar-refractivity contribution in [3.8, 4) is 0 Å². The number of carbonyl (C=O) groups is 1. The molecule has 2 unspecified atom stereocenters. The molecular formula is C14H19NO4S2. The van der Waals surface area contributed by atoms with Gasteiger partial charge in [-0.3, -0.25) is 9.08 Å². The fourth-order valence-corrected chi connectivity index (χ4v) is 6.14. The highest BCUT2D eigenvalue weighted by Crippen LogP contribution is 2.64. The van der Waals surface area contributed by atoms with Gasteiger partial charge in [-0.1, -0.05) is 36.8 Å². The van der Waals surface area contributed by atoms with E-state index in [0.29, 0.717) is 23.8 Å². The van der Waals surface area contributed by atoms with Crippen molar-refractivity contribution < 1.29 is 17.5 Å². The van der Waals surface area contributed by atoms with E-state index in [-0.39, 0.29) is 17.0 Å². The van der Waals surface area contributed by atoms with Crippen LogP contribution in [-0.4, -0.2) is 30.8 Å². The Morgan fingerprint density at radius 1 is 1.48 bits per heavy atom. The lowest BCUT2D eigenvalue weighted by Crippen LogP contribution is -2.42. The molecule has 2 aliphatic carbocycles. The molecule has 3 rings (SSSR count). The van der Waals surface area contributed by atoms with Crippen molar-refractivity contribution in [3.63, 3.8) is 0 Å². The normalized spacial score (nSPS) is 35.8. The molecule has 0 saturated heterocycles. The first-order chi connectivity index (χ1) is 9.77. The molecule has 0 aromatic rings. The van der Waals surface area contributed by atoms with Crippen LogP contribution in [0.4, 0.5) is 0 Å². The molecule has 1 heterocycles. The van der Waals surface area contributed by atoms with E-state index in [9.17, 15) is 13.2 Å². The van der Waals surface area contributed by atoms with Crippen LogP contribution in [0.25, 0.3) is 0 Å². The highest BCUT2D eigenvalue weighted by Gasteiger charge is 2.65. The maximum Gasteiger partial charge on any atom is 0.329 e. The van der Waals surface area contributed by atoms with Crippen LogP contribution in [0, 0.1) is 16.7 Å². The summed E-state index contributed by atoms with van der Waals surface area (Å²) in [4.78, 5) is 12.3. The van der Waals surface area contributed by atoms with E-state index in [2.05, 4.69) is 5.16 Å². The summed E-state index contributed by atoms with van der Waals surface area (Å²) in [7, 11) is -3.86. The Morgan fingerprint density at radius 2 is 2.24 bits per heavy atom. The van der Waals surface area contributed by atoms with E-state index >= 15 is 0 Å². The number of thioether (sulfide) groups is 1. The number of Topliss-reactive ketones (excluding diaryl/α,β-unsaturated/α-hetero) is 1. The fraction of sp³-hybridized carbons (Fsp3) is 0.714. The van der Waals surface area contributed by atoms with Crippen LogP contribution in [0.3, 0.4) is 0 Å². The van der Waals surface area contributed by atoms with Gasteiger partial charge in [0.15, 0.2) is 0 Å². The first kappa shape index (κ1) is 15.1. The number of oxime groups is 1. The second kappa shape index (κ2) is 4.84. The summed E-state index contributed by atoms with van der Waals surface area (Å²) in [6.07, 6.45) is 5.67. The Hall–Kier alpha value is -0.820. The summed E-state index contributed by atoms with van der Waals surface area (Å²) in [6, 6.07) is 0. The quantitative estimate of drug-likeness (QED) is 0.740. The molecule has 0 aromatic carbocycles. The van der Waals surface area contributed by atoms with Gasteiger partial charge in [0, 0.05) is 12.2 Å². The molecule has 2 bridgehead atoms. The fourth-order valence-electron chi connectivity index (χ4n) is 3.92. The summed E-state index contributed by atoms with van der Waals surface area (Å²) in [6.45, 7) is 4.01. The number of hydrogen-bond acceptors (Lipinski definition) is 6. The van der Waals surface area contributed by atoms with Crippen molar-refractivity contribution in [2.24, 2.45) is 21.9 Å². The molecule has 1 aliphatic heterocycles.